The second kappa shape index (κ2) is 5.62. The molecule has 1 fully saturated rings. The van der Waals surface area contributed by atoms with Crippen LogP contribution >= 0.6 is 11.6 Å². The Kier molecular flexibility index (Phi) is 4.08. The maximum absolute atomic E-state index is 13.7. The first-order chi connectivity index (χ1) is 9.45. The molecule has 1 unspecified atom stereocenters. The van der Waals surface area contributed by atoms with Gasteiger partial charge in [0.25, 0.3) is 5.91 Å². The van der Waals surface area contributed by atoms with Crippen molar-refractivity contribution in [2.45, 2.75) is 18.9 Å². The Morgan fingerprint density at radius 3 is 2.80 bits per heavy atom. The van der Waals surface area contributed by atoms with Crippen LogP contribution in [0.3, 0.4) is 0 Å². The molecule has 0 radical (unpaired) electrons. The topological polar surface area (TPSA) is 78.9 Å². The molecule has 0 spiro atoms. The lowest BCUT2D eigenvalue weighted by Crippen LogP contribution is -2.44. The van der Waals surface area contributed by atoms with Crippen LogP contribution < -0.4 is 5.73 Å². The van der Waals surface area contributed by atoms with Crippen molar-refractivity contribution in [2.75, 3.05) is 6.54 Å². The molecule has 1 atom stereocenters. The number of amides is 1. The molecule has 1 aromatic rings. The summed E-state index contributed by atoms with van der Waals surface area (Å²) in [6.07, 6.45) is 1.13. The van der Waals surface area contributed by atoms with Crippen LogP contribution in [0.2, 0.25) is 5.02 Å². The standard InChI is InChI=1S/C12H12ClF2N3O2/c13-7-5-8(14)6(4-9(7)15)12(19)18-3-1-2-10(18)11(16)17-20/h4-5,10,20H,1-3H2,(H2,16,17). The second-order valence-corrected chi connectivity index (χ2v) is 4.83. The van der Waals surface area contributed by atoms with E-state index in [4.69, 9.17) is 22.5 Å². The Morgan fingerprint density at radius 2 is 2.15 bits per heavy atom. The SMILES string of the molecule is N/C(=N/O)C1CCCN1C(=O)c1cc(F)c(Cl)cc1F. The average molecular weight is 304 g/mol. The zero-order valence-electron chi connectivity index (χ0n) is 10.3. The summed E-state index contributed by atoms with van der Waals surface area (Å²) in [5.41, 5.74) is 5.07. The van der Waals surface area contributed by atoms with E-state index in [0.29, 0.717) is 19.4 Å². The lowest BCUT2D eigenvalue weighted by molar-refractivity contribution is 0.0762. The van der Waals surface area contributed by atoms with Crippen molar-refractivity contribution >= 4 is 23.3 Å². The molecule has 0 aromatic heterocycles. The number of nitrogens with two attached hydrogens (primary N) is 1. The summed E-state index contributed by atoms with van der Waals surface area (Å²) in [4.78, 5) is 13.5. The minimum atomic E-state index is -0.911. The van der Waals surface area contributed by atoms with Gasteiger partial charge in [-0.05, 0) is 25.0 Å². The third-order valence-corrected chi connectivity index (χ3v) is 3.50. The fraction of sp³-hybridized carbons (Fsp3) is 0.333. The quantitative estimate of drug-likeness (QED) is 0.288. The molecule has 20 heavy (non-hydrogen) atoms. The van der Waals surface area contributed by atoms with Crippen molar-refractivity contribution < 1.29 is 18.8 Å². The number of carbonyl (C=O) groups excluding carboxylic acids is 1. The maximum atomic E-state index is 13.7. The molecule has 108 valence electrons. The van der Waals surface area contributed by atoms with Crippen LogP contribution in [0.4, 0.5) is 8.78 Å². The number of halogens is 3. The molecule has 1 aliphatic heterocycles. The van der Waals surface area contributed by atoms with Crippen LogP contribution in [0.25, 0.3) is 0 Å². The van der Waals surface area contributed by atoms with Gasteiger partial charge in [0.1, 0.15) is 11.6 Å². The molecule has 8 heteroatoms. The van der Waals surface area contributed by atoms with Crippen molar-refractivity contribution in [3.8, 4) is 0 Å². The largest absolute Gasteiger partial charge is 0.409 e. The van der Waals surface area contributed by atoms with Gasteiger partial charge in [0.2, 0.25) is 0 Å². The summed E-state index contributed by atoms with van der Waals surface area (Å²) in [5.74, 6) is -2.64. The fourth-order valence-electron chi connectivity index (χ4n) is 2.23. The highest BCUT2D eigenvalue weighted by atomic mass is 35.5. The van der Waals surface area contributed by atoms with Gasteiger partial charge in [-0.3, -0.25) is 4.79 Å². The minimum Gasteiger partial charge on any atom is -0.409 e. The zero-order chi connectivity index (χ0) is 14.9. The van der Waals surface area contributed by atoms with Crippen molar-refractivity contribution in [2.24, 2.45) is 10.9 Å². The number of rotatable bonds is 2. The summed E-state index contributed by atoms with van der Waals surface area (Å²) in [7, 11) is 0. The first kappa shape index (κ1) is 14.5. The molecule has 0 bridgehead atoms. The van der Waals surface area contributed by atoms with Crippen LogP contribution in [0.5, 0.6) is 0 Å². The van der Waals surface area contributed by atoms with Gasteiger partial charge in [-0.2, -0.15) is 0 Å². The lowest BCUT2D eigenvalue weighted by atomic mass is 10.1. The van der Waals surface area contributed by atoms with E-state index >= 15 is 0 Å². The van der Waals surface area contributed by atoms with Crippen LogP contribution in [0, 0.1) is 11.6 Å². The molecule has 1 saturated heterocycles. The Labute approximate surface area is 118 Å². The maximum Gasteiger partial charge on any atom is 0.257 e. The van der Waals surface area contributed by atoms with Gasteiger partial charge < -0.3 is 15.8 Å². The molecule has 1 aromatic carbocycles. The van der Waals surface area contributed by atoms with Crippen molar-refractivity contribution in [1.29, 1.82) is 0 Å². The van der Waals surface area contributed by atoms with Crippen molar-refractivity contribution in [3.63, 3.8) is 0 Å². The number of nitrogens with zero attached hydrogens (tertiary/aromatic N) is 2. The molecule has 5 nitrogen and oxygen atoms in total. The van der Waals surface area contributed by atoms with Gasteiger partial charge in [-0.25, -0.2) is 8.78 Å². The van der Waals surface area contributed by atoms with Crippen LogP contribution in [-0.4, -0.2) is 34.4 Å². The van der Waals surface area contributed by atoms with E-state index in [2.05, 4.69) is 5.16 Å². The molecule has 3 N–H and O–H groups in total. The number of likely N-dealkylation sites (tertiary alicyclic amines) is 1. The summed E-state index contributed by atoms with van der Waals surface area (Å²) in [6.45, 7) is 0.323. The number of amidine groups is 1. The Hall–Kier alpha value is -1.89. The Balaban J connectivity index is 2.34. The molecule has 2 rings (SSSR count). The van der Waals surface area contributed by atoms with Gasteiger partial charge >= 0.3 is 0 Å². The monoisotopic (exact) mass is 303 g/mol. The Bertz CT molecular complexity index is 580. The molecule has 0 saturated carbocycles. The first-order valence-electron chi connectivity index (χ1n) is 5.88. The predicted octanol–water partition coefficient (Wildman–Crippen LogP) is 1.97. The summed E-state index contributed by atoms with van der Waals surface area (Å²) in [5, 5.41) is 11.1. The van der Waals surface area contributed by atoms with E-state index in [1.54, 1.807) is 0 Å². The number of carbonyl (C=O) groups is 1. The van der Waals surface area contributed by atoms with Crippen LogP contribution in [-0.2, 0) is 0 Å². The predicted molar refractivity (Wildman–Crippen MR) is 68.8 cm³/mol. The average Bonchev–Trinajstić information content (AvgIpc) is 2.90. The number of hydrogen-bond donors (Lipinski definition) is 2. The third-order valence-electron chi connectivity index (χ3n) is 3.21. The molecule has 1 amide bonds. The van der Waals surface area contributed by atoms with Crippen molar-refractivity contribution in [3.05, 3.63) is 34.4 Å². The lowest BCUT2D eigenvalue weighted by Gasteiger charge is -2.23. The van der Waals surface area contributed by atoms with Gasteiger partial charge in [0.15, 0.2) is 5.84 Å². The van der Waals surface area contributed by atoms with Crippen LogP contribution in [0.15, 0.2) is 17.3 Å². The van der Waals surface area contributed by atoms with Crippen molar-refractivity contribution in [1.82, 2.24) is 4.90 Å². The van der Waals surface area contributed by atoms with Crippen LogP contribution in [0.1, 0.15) is 23.2 Å². The number of hydrogen-bond acceptors (Lipinski definition) is 3. The zero-order valence-corrected chi connectivity index (χ0v) is 11.1. The van der Waals surface area contributed by atoms with Gasteiger partial charge in [0.05, 0.1) is 16.6 Å². The molecule has 1 aliphatic rings. The second-order valence-electron chi connectivity index (χ2n) is 4.43. The minimum absolute atomic E-state index is 0.134. The van der Waals surface area contributed by atoms with E-state index < -0.39 is 34.2 Å². The summed E-state index contributed by atoms with van der Waals surface area (Å²) < 4.78 is 27.1. The van der Waals surface area contributed by atoms with E-state index in [9.17, 15) is 13.6 Å². The highest BCUT2D eigenvalue weighted by Gasteiger charge is 2.33. The molecular formula is C12H12ClF2N3O2. The number of benzene rings is 1. The molecule has 1 heterocycles. The van der Waals surface area contributed by atoms with E-state index in [1.807, 2.05) is 0 Å². The highest BCUT2D eigenvalue weighted by Crippen LogP contribution is 2.24. The van der Waals surface area contributed by atoms with E-state index in [-0.39, 0.29) is 5.84 Å². The summed E-state index contributed by atoms with van der Waals surface area (Å²) >= 11 is 5.44. The van der Waals surface area contributed by atoms with E-state index in [1.165, 1.54) is 4.90 Å². The van der Waals surface area contributed by atoms with Gasteiger partial charge in [-0.15, -0.1) is 0 Å². The van der Waals surface area contributed by atoms with E-state index in [0.717, 1.165) is 12.1 Å². The highest BCUT2D eigenvalue weighted by molar-refractivity contribution is 6.30. The molecular weight excluding hydrogens is 292 g/mol. The normalized spacial score (nSPS) is 19.4. The first-order valence-corrected chi connectivity index (χ1v) is 6.26. The Morgan fingerprint density at radius 1 is 1.45 bits per heavy atom. The number of oxime groups is 1. The van der Waals surface area contributed by atoms with Gasteiger partial charge in [0, 0.05) is 6.54 Å². The smallest absolute Gasteiger partial charge is 0.257 e. The molecule has 0 aliphatic carbocycles. The summed E-state index contributed by atoms with van der Waals surface area (Å²) in [6, 6.07) is 0.881. The fourth-order valence-corrected chi connectivity index (χ4v) is 2.38. The van der Waals surface area contributed by atoms with Gasteiger partial charge in [-0.1, -0.05) is 16.8 Å². The third kappa shape index (κ3) is 2.53.